The molecule has 0 fully saturated rings. The third-order valence-corrected chi connectivity index (χ3v) is 4.41. The highest BCUT2D eigenvalue weighted by atomic mass is 16.5. The molecule has 0 spiro atoms. The number of carbonyl (C=O) groups is 3. The smallest absolute Gasteiger partial charge is 0.339 e. The number of benzene rings is 1. The predicted octanol–water partition coefficient (Wildman–Crippen LogP) is 4.07. The highest BCUT2D eigenvalue weighted by Gasteiger charge is 2.19. The molecule has 6 nitrogen and oxygen atoms in total. The number of esters is 3. The maximum atomic E-state index is 12.3. The summed E-state index contributed by atoms with van der Waals surface area (Å²) in [4.78, 5) is 36.2. The van der Waals surface area contributed by atoms with Crippen LogP contribution in [0.15, 0.2) is 24.3 Å². The van der Waals surface area contributed by atoms with Crippen molar-refractivity contribution in [1.82, 2.24) is 0 Å². The number of fused-ring (bicyclic) bond motifs is 1. The van der Waals surface area contributed by atoms with E-state index < -0.39 is 11.9 Å². The SMILES string of the molecule is O=C1CCCOC(=O)c2ccccc2C(=O)OCCCCCCCCCO1. The zero-order valence-electron chi connectivity index (χ0n) is 15.7. The number of cyclic esters (lactones) is 3. The van der Waals surface area contributed by atoms with Gasteiger partial charge in [0.1, 0.15) is 0 Å². The lowest BCUT2D eigenvalue weighted by atomic mass is 10.1. The molecule has 27 heavy (non-hydrogen) atoms. The molecule has 0 N–H and O–H groups in total. The molecule has 0 aliphatic carbocycles. The van der Waals surface area contributed by atoms with E-state index in [0.29, 0.717) is 19.6 Å². The summed E-state index contributed by atoms with van der Waals surface area (Å²) in [6.07, 6.45) is 7.61. The van der Waals surface area contributed by atoms with Gasteiger partial charge in [-0.05, 0) is 31.4 Å². The van der Waals surface area contributed by atoms with Gasteiger partial charge in [-0.25, -0.2) is 9.59 Å². The second kappa shape index (κ2) is 12.1. The first-order valence-electron chi connectivity index (χ1n) is 9.77. The number of carbonyl (C=O) groups excluding carboxylic acids is 3. The van der Waals surface area contributed by atoms with Crippen molar-refractivity contribution in [3.8, 4) is 0 Å². The van der Waals surface area contributed by atoms with Gasteiger partial charge in [-0.15, -0.1) is 0 Å². The van der Waals surface area contributed by atoms with Gasteiger partial charge in [-0.1, -0.05) is 44.2 Å². The minimum absolute atomic E-state index is 0.0946. The van der Waals surface area contributed by atoms with Crippen molar-refractivity contribution in [2.24, 2.45) is 0 Å². The molecule has 0 amide bonds. The topological polar surface area (TPSA) is 78.9 Å². The van der Waals surface area contributed by atoms with Crippen LogP contribution in [0.4, 0.5) is 0 Å². The van der Waals surface area contributed by atoms with Crippen LogP contribution in [0.3, 0.4) is 0 Å². The summed E-state index contributed by atoms with van der Waals surface area (Å²) in [6.45, 7) is 0.886. The predicted molar refractivity (Wildman–Crippen MR) is 99.5 cm³/mol. The largest absolute Gasteiger partial charge is 0.466 e. The Bertz CT molecular complexity index is 625. The molecule has 0 bridgehead atoms. The molecule has 0 radical (unpaired) electrons. The molecule has 6 heteroatoms. The highest BCUT2D eigenvalue weighted by Crippen LogP contribution is 2.14. The van der Waals surface area contributed by atoms with Crippen LogP contribution in [0.2, 0.25) is 0 Å². The molecule has 1 aromatic carbocycles. The quantitative estimate of drug-likeness (QED) is 0.502. The lowest BCUT2D eigenvalue weighted by Crippen LogP contribution is -2.15. The Balaban J connectivity index is 1.95. The maximum Gasteiger partial charge on any atom is 0.339 e. The van der Waals surface area contributed by atoms with Crippen LogP contribution in [0, 0.1) is 0 Å². The fourth-order valence-electron chi connectivity index (χ4n) is 2.89. The first-order valence-corrected chi connectivity index (χ1v) is 9.77. The number of ether oxygens (including phenoxy) is 3. The van der Waals surface area contributed by atoms with E-state index in [4.69, 9.17) is 14.2 Å². The van der Waals surface area contributed by atoms with Gasteiger partial charge in [0.15, 0.2) is 0 Å². The Morgan fingerprint density at radius 3 is 1.56 bits per heavy atom. The summed E-state index contributed by atoms with van der Waals surface area (Å²) in [5, 5.41) is 0. The van der Waals surface area contributed by atoms with E-state index in [1.54, 1.807) is 24.3 Å². The second-order valence-electron chi connectivity index (χ2n) is 6.62. The van der Waals surface area contributed by atoms with E-state index in [1.807, 2.05) is 0 Å². The normalized spacial score (nSPS) is 19.2. The lowest BCUT2D eigenvalue weighted by molar-refractivity contribution is -0.144. The molecular formula is C21H28O6. The Hall–Kier alpha value is -2.37. The average molecular weight is 376 g/mol. The molecule has 0 aromatic heterocycles. The Morgan fingerprint density at radius 1 is 0.556 bits per heavy atom. The number of hydrogen-bond acceptors (Lipinski definition) is 6. The van der Waals surface area contributed by atoms with E-state index in [0.717, 1.165) is 44.9 Å². The van der Waals surface area contributed by atoms with Gasteiger partial charge < -0.3 is 14.2 Å². The van der Waals surface area contributed by atoms with Crippen molar-refractivity contribution in [3.05, 3.63) is 35.4 Å². The van der Waals surface area contributed by atoms with Gasteiger partial charge in [0, 0.05) is 6.42 Å². The van der Waals surface area contributed by atoms with Gasteiger partial charge >= 0.3 is 17.9 Å². The molecule has 1 aromatic rings. The molecule has 0 saturated carbocycles. The summed E-state index contributed by atoms with van der Waals surface area (Å²) < 4.78 is 15.7. The second-order valence-corrected chi connectivity index (χ2v) is 6.62. The first kappa shape index (κ1) is 20.9. The third kappa shape index (κ3) is 7.81. The minimum Gasteiger partial charge on any atom is -0.466 e. The van der Waals surface area contributed by atoms with E-state index >= 15 is 0 Å². The van der Waals surface area contributed by atoms with Crippen LogP contribution in [0.1, 0.15) is 78.5 Å². The van der Waals surface area contributed by atoms with Crippen molar-refractivity contribution >= 4 is 17.9 Å². The molecule has 2 rings (SSSR count). The van der Waals surface area contributed by atoms with Gasteiger partial charge in [0.05, 0.1) is 30.9 Å². The van der Waals surface area contributed by atoms with E-state index in [-0.39, 0.29) is 30.1 Å². The zero-order chi connectivity index (χ0) is 19.3. The van der Waals surface area contributed by atoms with Crippen molar-refractivity contribution in [2.75, 3.05) is 19.8 Å². The Labute approximate surface area is 160 Å². The zero-order valence-corrected chi connectivity index (χ0v) is 15.7. The number of rotatable bonds is 0. The van der Waals surface area contributed by atoms with Crippen molar-refractivity contribution in [2.45, 2.75) is 57.8 Å². The van der Waals surface area contributed by atoms with Crippen molar-refractivity contribution in [1.29, 1.82) is 0 Å². The Morgan fingerprint density at radius 2 is 1.00 bits per heavy atom. The molecule has 0 unspecified atom stereocenters. The van der Waals surface area contributed by atoms with Gasteiger partial charge in [-0.3, -0.25) is 4.79 Å². The summed E-state index contributed by atoms with van der Waals surface area (Å²) in [5.41, 5.74) is 0.385. The number of hydrogen-bond donors (Lipinski definition) is 0. The fourth-order valence-corrected chi connectivity index (χ4v) is 2.89. The molecule has 1 heterocycles. The van der Waals surface area contributed by atoms with Crippen LogP contribution < -0.4 is 0 Å². The molecule has 1 aliphatic heterocycles. The van der Waals surface area contributed by atoms with Crippen molar-refractivity contribution in [3.63, 3.8) is 0 Å². The van der Waals surface area contributed by atoms with E-state index in [1.165, 1.54) is 0 Å². The Kier molecular flexibility index (Phi) is 9.38. The van der Waals surface area contributed by atoms with Gasteiger partial charge in [0.25, 0.3) is 0 Å². The highest BCUT2D eigenvalue weighted by molar-refractivity contribution is 6.03. The van der Waals surface area contributed by atoms with Gasteiger partial charge in [0.2, 0.25) is 0 Å². The summed E-state index contributed by atoms with van der Waals surface area (Å²) in [5.74, 6) is -1.38. The minimum atomic E-state index is -0.592. The summed E-state index contributed by atoms with van der Waals surface area (Å²) >= 11 is 0. The standard InChI is InChI=1S/C21H28O6/c22-19-13-10-16-27-21(24)18-12-7-6-11-17(18)20(23)26-15-9-5-3-1-2-4-8-14-25-19/h6-7,11-12H,1-5,8-10,13-16H2. The molecule has 148 valence electrons. The molecule has 0 saturated heterocycles. The molecule has 1 aliphatic rings. The third-order valence-electron chi connectivity index (χ3n) is 4.41. The molecule has 0 atom stereocenters. The summed E-state index contributed by atoms with van der Waals surface area (Å²) in [7, 11) is 0. The maximum absolute atomic E-state index is 12.3. The lowest BCUT2D eigenvalue weighted by Gasteiger charge is -2.10. The monoisotopic (exact) mass is 376 g/mol. The fraction of sp³-hybridized carbons (Fsp3) is 0.571. The van der Waals surface area contributed by atoms with Crippen LogP contribution in [0.5, 0.6) is 0 Å². The van der Waals surface area contributed by atoms with E-state index in [9.17, 15) is 14.4 Å². The van der Waals surface area contributed by atoms with Gasteiger partial charge in [-0.2, -0.15) is 0 Å². The van der Waals surface area contributed by atoms with Crippen LogP contribution in [-0.4, -0.2) is 37.7 Å². The first-order chi connectivity index (χ1) is 13.2. The molecular weight excluding hydrogens is 348 g/mol. The van der Waals surface area contributed by atoms with Crippen molar-refractivity contribution < 1.29 is 28.6 Å². The van der Waals surface area contributed by atoms with Crippen LogP contribution in [0.25, 0.3) is 0 Å². The van der Waals surface area contributed by atoms with Crippen LogP contribution >= 0.6 is 0 Å². The van der Waals surface area contributed by atoms with Crippen LogP contribution in [-0.2, 0) is 19.0 Å². The van der Waals surface area contributed by atoms with E-state index in [2.05, 4.69) is 0 Å². The summed E-state index contributed by atoms with van der Waals surface area (Å²) in [6, 6.07) is 6.45. The average Bonchev–Trinajstić information content (AvgIpc) is 2.68.